The van der Waals surface area contributed by atoms with Gasteiger partial charge in [-0.25, -0.2) is 0 Å². The van der Waals surface area contributed by atoms with Gasteiger partial charge in [0.1, 0.15) is 0 Å². The molecular weight excluding hydrogens is 210 g/mol. The van der Waals surface area contributed by atoms with Gasteiger partial charge in [0.05, 0.1) is 6.04 Å². The molecule has 1 heterocycles. The summed E-state index contributed by atoms with van der Waals surface area (Å²) in [7, 11) is 0. The topological polar surface area (TPSA) is 20.3 Å². The second kappa shape index (κ2) is 4.91. The van der Waals surface area contributed by atoms with Crippen LogP contribution in [0.15, 0.2) is 18.2 Å². The lowest BCUT2D eigenvalue weighted by atomic mass is 9.97. The summed E-state index contributed by atoms with van der Waals surface area (Å²) in [5.41, 5.74) is 4.02. The number of carbonyl (C=O) groups is 1. The maximum absolute atomic E-state index is 11.6. The summed E-state index contributed by atoms with van der Waals surface area (Å²) in [6.45, 7) is 6.86. The van der Waals surface area contributed by atoms with Crippen LogP contribution in [0.2, 0.25) is 0 Å². The standard InChI is InChI=1S/C15H21NO/c1-4-13-7-8-14-6-5-9-16(15(14)10-13)11(2)12(3)17/h7-8,10-11H,4-6,9H2,1-3H3. The highest BCUT2D eigenvalue weighted by atomic mass is 16.1. The first-order valence-electron chi connectivity index (χ1n) is 6.52. The number of carbonyl (C=O) groups excluding carboxylic acids is 1. The predicted octanol–water partition coefficient (Wildman–Crippen LogP) is 2.98. The van der Waals surface area contributed by atoms with E-state index in [1.807, 2.05) is 6.92 Å². The van der Waals surface area contributed by atoms with E-state index in [9.17, 15) is 4.79 Å². The Kier molecular flexibility index (Phi) is 3.51. The zero-order valence-electron chi connectivity index (χ0n) is 11.0. The van der Waals surface area contributed by atoms with Crippen LogP contribution in [0.3, 0.4) is 0 Å². The zero-order chi connectivity index (χ0) is 12.4. The van der Waals surface area contributed by atoms with Gasteiger partial charge in [-0.1, -0.05) is 19.1 Å². The molecule has 0 saturated carbocycles. The number of hydrogen-bond acceptors (Lipinski definition) is 2. The highest BCUT2D eigenvalue weighted by Gasteiger charge is 2.23. The molecular formula is C15H21NO. The van der Waals surface area contributed by atoms with Crippen LogP contribution < -0.4 is 4.90 Å². The third-order valence-corrected chi connectivity index (χ3v) is 3.77. The van der Waals surface area contributed by atoms with Gasteiger partial charge in [-0.15, -0.1) is 0 Å². The van der Waals surface area contributed by atoms with Gasteiger partial charge >= 0.3 is 0 Å². The van der Waals surface area contributed by atoms with Gasteiger partial charge in [0, 0.05) is 12.2 Å². The van der Waals surface area contributed by atoms with Crippen LogP contribution in [0.4, 0.5) is 5.69 Å². The SMILES string of the molecule is CCc1ccc2c(c1)N(C(C)C(C)=O)CCC2. The summed E-state index contributed by atoms with van der Waals surface area (Å²) in [5.74, 6) is 0.250. The van der Waals surface area contributed by atoms with E-state index < -0.39 is 0 Å². The second-order valence-corrected chi connectivity index (χ2v) is 4.90. The smallest absolute Gasteiger partial charge is 0.151 e. The van der Waals surface area contributed by atoms with Crippen LogP contribution in [-0.4, -0.2) is 18.4 Å². The summed E-state index contributed by atoms with van der Waals surface area (Å²) in [6, 6.07) is 6.70. The first-order valence-corrected chi connectivity index (χ1v) is 6.52. The van der Waals surface area contributed by atoms with Crippen LogP contribution in [0.25, 0.3) is 0 Å². The van der Waals surface area contributed by atoms with Crippen LogP contribution in [-0.2, 0) is 17.6 Å². The van der Waals surface area contributed by atoms with Crippen molar-refractivity contribution < 1.29 is 4.79 Å². The Morgan fingerprint density at radius 1 is 1.47 bits per heavy atom. The van der Waals surface area contributed by atoms with Crippen molar-refractivity contribution in [1.82, 2.24) is 0 Å². The van der Waals surface area contributed by atoms with Gasteiger partial charge in [0.25, 0.3) is 0 Å². The molecule has 2 nitrogen and oxygen atoms in total. The van der Waals surface area contributed by atoms with Crippen molar-refractivity contribution in [3.8, 4) is 0 Å². The molecule has 17 heavy (non-hydrogen) atoms. The molecule has 0 aromatic heterocycles. The summed E-state index contributed by atoms with van der Waals surface area (Å²) >= 11 is 0. The second-order valence-electron chi connectivity index (χ2n) is 4.90. The predicted molar refractivity (Wildman–Crippen MR) is 71.6 cm³/mol. The molecule has 0 N–H and O–H groups in total. The van der Waals surface area contributed by atoms with Gasteiger partial charge in [0.15, 0.2) is 5.78 Å². The molecule has 0 amide bonds. The minimum Gasteiger partial charge on any atom is -0.362 e. The average Bonchev–Trinajstić information content (AvgIpc) is 2.36. The van der Waals surface area contributed by atoms with Crippen molar-refractivity contribution in [3.63, 3.8) is 0 Å². The molecule has 0 saturated heterocycles. The summed E-state index contributed by atoms with van der Waals surface area (Å²) in [6.07, 6.45) is 3.34. The Balaban J connectivity index is 2.38. The molecule has 0 aliphatic carbocycles. The average molecular weight is 231 g/mol. The van der Waals surface area contributed by atoms with Crippen molar-refractivity contribution in [2.24, 2.45) is 0 Å². The Labute approximate surface area is 104 Å². The minimum atomic E-state index is 0.00107. The Bertz CT molecular complexity index is 425. The molecule has 0 radical (unpaired) electrons. The van der Waals surface area contributed by atoms with Gasteiger partial charge in [-0.3, -0.25) is 4.79 Å². The number of aryl methyl sites for hydroxylation is 2. The van der Waals surface area contributed by atoms with Gasteiger partial charge in [-0.05, 0) is 50.3 Å². The summed E-state index contributed by atoms with van der Waals surface area (Å²) in [4.78, 5) is 13.8. The highest BCUT2D eigenvalue weighted by Crippen LogP contribution is 2.30. The van der Waals surface area contributed by atoms with Crippen molar-refractivity contribution in [1.29, 1.82) is 0 Å². The molecule has 2 rings (SSSR count). The molecule has 0 bridgehead atoms. The molecule has 1 aliphatic heterocycles. The van der Waals surface area contributed by atoms with E-state index in [2.05, 4.69) is 30.0 Å². The molecule has 92 valence electrons. The fourth-order valence-corrected chi connectivity index (χ4v) is 2.49. The maximum Gasteiger partial charge on any atom is 0.151 e. The van der Waals surface area contributed by atoms with Crippen LogP contribution in [0.1, 0.15) is 38.3 Å². The van der Waals surface area contributed by atoms with E-state index in [4.69, 9.17) is 0 Å². The molecule has 1 atom stereocenters. The Hall–Kier alpha value is -1.31. The lowest BCUT2D eigenvalue weighted by Gasteiger charge is -2.35. The number of hydrogen-bond donors (Lipinski definition) is 0. The highest BCUT2D eigenvalue weighted by molar-refractivity contribution is 5.85. The van der Waals surface area contributed by atoms with E-state index in [1.165, 1.54) is 16.8 Å². The van der Waals surface area contributed by atoms with E-state index in [1.54, 1.807) is 6.92 Å². The number of fused-ring (bicyclic) bond motifs is 1. The Morgan fingerprint density at radius 2 is 2.24 bits per heavy atom. The summed E-state index contributed by atoms with van der Waals surface area (Å²) < 4.78 is 0. The van der Waals surface area contributed by atoms with Crippen LogP contribution in [0, 0.1) is 0 Å². The van der Waals surface area contributed by atoms with Crippen molar-refractivity contribution in [3.05, 3.63) is 29.3 Å². The van der Waals surface area contributed by atoms with E-state index in [0.29, 0.717) is 0 Å². The fraction of sp³-hybridized carbons (Fsp3) is 0.533. The number of nitrogens with zero attached hydrogens (tertiary/aromatic N) is 1. The normalized spacial score (nSPS) is 16.5. The largest absolute Gasteiger partial charge is 0.362 e. The van der Waals surface area contributed by atoms with E-state index in [-0.39, 0.29) is 11.8 Å². The van der Waals surface area contributed by atoms with Gasteiger partial charge in [-0.2, -0.15) is 0 Å². The fourth-order valence-electron chi connectivity index (χ4n) is 2.49. The minimum absolute atomic E-state index is 0.00107. The van der Waals surface area contributed by atoms with Crippen molar-refractivity contribution >= 4 is 11.5 Å². The third-order valence-electron chi connectivity index (χ3n) is 3.77. The molecule has 0 fully saturated rings. The number of ketones is 1. The number of rotatable bonds is 3. The quantitative estimate of drug-likeness (QED) is 0.797. The Morgan fingerprint density at radius 3 is 2.88 bits per heavy atom. The lowest BCUT2D eigenvalue weighted by molar-refractivity contribution is -0.117. The molecule has 2 heteroatoms. The van der Waals surface area contributed by atoms with Crippen molar-refractivity contribution in [2.75, 3.05) is 11.4 Å². The molecule has 0 spiro atoms. The van der Waals surface area contributed by atoms with E-state index >= 15 is 0 Å². The van der Waals surface area contributed by atoms with E-state index in [0.717, 1.165) is 25.8 Å². The molecule has 1 aromatic carbocycles. The first kappa shape index (κ1) is 12.2. The number of Topliss-reactive ketones (excluding diaryl/α,β-unsaturated/α-hetero) is 1. The van der Waals surface area contributed by atoms with Gasteiger partial charge < -0.3 is 4.90 Å². The van der Waals surface area contributed by atoms with Gasteiger partial charge in [0.2, 0.25) is 0 Å². The maximum atomic E-state index is 11.6. The lowest BCUT2D eigenvalue weighted by Crippen LogP contribution is -2.41. The molecule has 1 aliphatic rings. The molecule has 1 aromatic rings. The monoisotopic (exact) mass is 231 g/mol. The summed E-state index contributed by atoms with van der Waals surface area (Å²) in [5, 5.41) is 0. The van der Waals surface area contributed by atoms with Crippen LogP contribution in [0.5, 0.6) is 0 Å². The van der Waals surface area contributed by atoms with Crippen LogP contribution >= 0.6 is 0 Å². The number of anilines is 1. The zero-order valence-corrected chi connectivity index (χ0v) is 11.0. The third kappa shape index (κ3) is 2.36. The molecule has 1 unspecified atom stereocenters. The first-order chi connectivity index (χ1) is 8.13. The number of benzene rings is 1. The van der Waals surface area contributed by atoms with Crippen molar-refractivity contribution in [2.45, 2.75) is 46.1 Å².